The van der Waals surface area contributed by atoms with Crippen molar-refractivity contribution >= 4 is 33.4 Å². The van der Waals surface area contributed by atoms with Gasteiger partial charge in [-0.1, -0.05) is 6.07 Å². The van der Waals surface area contributed by atoms with E-state index >= 15 is 0 Å². The van der Waals surface area contributed by atoms with Crippen molar-refractivity contribution in [3.05, 3.63) is 77.0 Å². The summed E-state index contributed by atoms with van der Waals surface area (Å²) in [7, 11) is 1.72. The maximum atomic E-state index is 12.8. The van der Waals surface area contributed by atoms with Gasteiger partial charge in [0.05, 0.1) is 22.7 Å². The van der Waals surface area contributed by atoms with E-state index in [4.69, 9.17) is 0 Å². The number of aromatic nitrogens is 3. The van der Waals surface area contributed by atoms with E-state index in [-0.39, 0.29) is 11.5 Å². The lowest BCUT2D eigenvalue weighted by Gasteiger charge is -2.18. The first-order chi connectivity index (χ1) is 12.1. The molecule has 0 fully saturated rings. The van der Waals surface area contributed by atoms with Crippen LogP contribution in [-0.4, -0.2) is 27.9 Å². The van der Waals surface area contributed by atoms with Gasteiger partial charge in [0.25, 0.3) is 11.5 Å². The predicted molar refractivity (Wildman–Crippen MR) is 96.8 cm³/mol. The minimum Gasteiger partial charge on any atom is -0.313 e. The zero-order valence-electron chi connectivity index (χ0n) is 13.4. The van der Waals surface area contributed by atoms with Crippen LogP contribution in [-0.2, 0) is 0 Å². The Morgan fingerprint density at radius 2 is 1.92 bits per heavy atom. The van der Waals surface area contributed by atoms with Crippen LogP contribution < -0.4 is 10.5 Å². The predicted octanol–water partition coefficient (Wildman–Crippen LogP) is 2.75. The largest absolute Gasteiger partial charge is 0.313 e. The number of nitrogens with one attached hydrogen (secondary N) is 1. The van der Waals surface area contributed by atoms with Crippen molar-refractivity contribution in [1.82, 2.24) is 15.0 Å². The van der Waals surface area contributed by atoms with Crippen molar-refractivity contribution in [2.75, 3.05) is 11.9 Å². The molecule has 1 N–H and O–H groups in total. The molecule has 122 valence electrons. The number of pyridine rings is 1. The molecule has 0 saturated heterocycles. The standard InChI is InChI=1S/C19H14N4O2/c1-23(14-5-7-16-12(9-14)3-2-8-20-16)19(25)13-4-6-15-17(10-13)21-11-22-18(15)24/h2-11H,1H3,(H,21,22,24). The van der Waals surface area contributed by atoms with Crippen molar-refractivity contribution in [2.45, 2.75) is 0 Å². The summed E-state index contributed by atoms with van der Waals surface area (Å²) in [6.45, 7) is 0. The number of hydrogen-bond donors (Lipinski definition) is 1. The highest BCUT2D eigenvalue weighted by Crippen LogP contribution is 2.22. The van der Waals surface area contributed by atoms with Crippen LogP contribution >= 0.6 is 0 Å². The SMILES string of the molecule is CN(C(=O)c1ccc2c(=O)[nH]cnc2c1)c1ccc2ncccc2c1. The van der Waals surface area contributed by atoms with Gasteiger partial charge in [0, 0.05) is 29.9 Å². The number of carbonyl (C=O) groups is 1. The van der Waals surface area contributed by atoms with Crippen LogP contribution in [0.3, 0.4) is 0 Å². The molecule has 0 unspecified atom stereocenters. The second kappa shape index (κ2) is 5.83. The summed E-state index contributed by atoms with van der Waals surface area (Å²) in [5.74, 6) is -0.174. The van der Waals surface area contributed by atoms with Gasteiger partial charge in [0.2, 0.25) is 0 Å². The number of aromatic amines is 1. The van der Waals surface area contributed by atoms with Crippen molar-refractivity contribution in [3.63, 3.8) is 0 Å². The minimum absolute atomic E-state index is 0.174. The topological polar surface area (TPSA) is 79.0 Å². The van der Waals surface area contributed by atoms with E-state index in [1.807, 2.05) is 30.3 Å². The van der Waals surface area contributed by atoms with Crippen molar-refractivity contribution in [2.24, 2.45) is 0 Å². The first-order valence-corrected chi connectivity index (χ1v) is 7.74. The normalized spacial score (nSPS) is 10.9. The Kier molecular flexibility index (Phi) is 3.50. The van der Waals surface area contributed by atoms with Crippen LogP contribution in [0.25, 0.3) is 21.8 Å². The second-order valence-electron chi connectivity index (χ2n) is 5.71. The zero-order chi connectivity index (χ0) is 17.4. The van der Waals surface area contributed by atoms with Gasteiger partial charge in [-0.25, -0.2) is 4.98 Å². The van der Waals surface area contributed by atoms with E-state index in [0.717, 1.165) is 16.6 Å². The number of anilines is 1. The van der Waals surface area contributed by atoms with Gasteiger partial charge in [-0.15, -0.1) is 0 Å². The summed E-state index contributed by atoms with van der Waals surface area (Å²) < 4.78 is 0. The number of fused-ring (bicyclic) bond motifs is 2. The highest BCUT2D eigenvalue weighted by atomic mass is 16.2. The van der Waals surface area contributed by atoms with Gasteiger partial charge < -0.3 is 9.88 Å². The molecule has 0 aliphatic heterocycles. The Morgan fingerprint density at radius 3 is 2.80 bits per heavy atom. The Bertz CT molecular complexity index is 1170. The summed E-state index contributed by atoms with van der Waals surface area (Å²) in [6, 6.07) is 14.4. The average Bonchev–Trinajstić information content (AvgIpc) is 2.66. The number of amides is 1. The minimum atomic E-state index is -0.223. The third-order valence-corrected chi connectivity index (χ3v) is 4.17. The van der Waals surface area contributed by atoms with E-state index in [0.29, 0.717) is 16.5 Å². The van der Waals surface area contributed by atoms with Gasteiger partial charge in [-0.3, -0.25) is 14.6 Å². The monoisotopic (exact) mass is 330 g/mol. The van der Waals surface area contributed by atoms with Crippen molar-refractivity contribution in [1.29, 1.82) is 0 Å². The van der Waals surface area contributed by atoms with Crippen LogP contribution in [0.1, 0.15) is 10.4 Å². The lowest BCUT2D eigenvalue weighted by molar-refractivity contribution is 0.0993. The Labute approximate surface area is 142 Å². The summed E-state index contributed by atoms with van der Waals surface area (Å²) in [5.41, 5.74) is 2.38. The fourth-order valence-electron chi connectivity index (χ4n) is 2.78. The molecule has 0 spiro atoms. The molecule has 0 saturated carbocycles. The van der Waals surface area contributed by atoms with Crippen LogP contribution in [0.15, 0.2) is 65.8 Å². The fourth-order valence-corrected chi connectivity index (χ4v) is 2.78. The first-order valence-electron chi connectivity index (χ1n) is 7.74. The Balaban J connectivity index is 1.72. The van der Waals surface area contributed by atoms with E-state index in [9.17, 15) is 9.59 Å². The number of H-pyrrole nitrogens is 1. The molecule has 4 rings (SSSR count). The zero-order valence-corrected chi connectivity index (χ0v) is 13.4. The highest BCUT2D eigenvalue weighted by Gasteiger charge is 2.15. The van der Waals surface area contributed by atoms with E-state index in [1.165, 1.54) is 6.33 Å². The molecule has 6 nitrogen and oxygen atoms in total. The van der Waals surface area contributed by atoms with Gasteiger partial charge >= 0.3 is 0 Å². The molecule has 0 aliphatic rings. The number of carbonyl (C=O) groups excluding carboxylic acids is 1. The lowest BCUT2D eigenvalue weighted by atomic mass is 10.1. The quantitative estimate of drug-likeness (QED) is 0.613. The smallest absolute Gasteiger partial charge is 0.258 e. The number of benzene rings is 2. The molecule has 0 aliphatic carbocycles. The molecule has 2 heterocycles. The van der Waals surface area contributed by atoms with Crippen LogP contribution in [0, 0.1) is 0 Å². The summed E-state index contributed by atoms with van der Waals surface area (Å²) in [5, 5.41) is 1.42. The maximum absolute atomic E-state index is 12.8. The first kappa shape index (κ1) is 15.0. The maximum Gasteiger partial charge on any atom is 0.258 e. The van der Waals surface area contributed by atoms with Gasteiger partial charge in [0.1, 0.15) is 0 Å². The fraction of sp³-hybridized carbons (Fsp3) is 0.0526. The van der Waals surface area contributed by atoms with E-state index in [2.05, 4.69) is 15.0 Å². The summed E-state index contributed by atoms with van der Waals surface area (Å²) >= 11 is 0. The van der Waals surface area contributed by atoms with Crippen molar-refractivity contribution in [3.8, 4) is 0 Å². The van der Waals surface area contributed by atoms with E-state index in [1.54, 1.807) is 36.3 Å². The molecule has 6 heteroatoms. The van der Waals surface area contributed by atoms with Crippen molar-refractivity contribution < 1.29 is 4.79 Å². The third kappa shape index (κ3) is 2.63. The van der Waals surface area contributed by atoms with E-state index < -0.39 is 0 Å². The number of hydrogen-bond acceptors (Lipinski definition) is 4. The Hall–Kier alpha value is -3.54. The molecule has 2 aromatic carbocycles. The molecule has 0 bridgehead atoms. The molecule has 2 aromatic heterocycles. The number of rotatable bonds is 2. The molecule has 1 amide bonds. The molecule has 0 radical (unpaired) electrons. The lowest BCUT2D eigenvalue weighted by Crippen LogP contribution is -2.26. The van der Waals surface area contributed by atoms with Gasteiger partial charge in [-0.2, -0.15) is 0 Å². The molecular weight excluding hydrogens is 316 g/mol. The van der Waals surface area contributed by atoms with Crippen LogP contribution in [0.2, 0.25) is 0 Å². The summed E-state index contributed by atoms with van der Waals surface area (Å²) in [6.07, 6.45) is 3.07. The molecular formula is C19H14N4O2. The number of nitrogens with zero attached hydrogens (tertiary/aromatic N) is 3. The average molecular weight is 330 g/mol. The third-order valence-electron chi connectivity index (χ3n) is 4.17. The van der Waals surface area contributed by atoms with Crippen LogP contribution in [0.4, 0.5) is 5.69 Å². The van der Waals surface area contributed by atoms with Gasteiger partial charge in [0.15, 0.2) is 0 Å². The van der Waals surface area contributed by atoms with Crippen LogP contribution in [0.5, 0.6) is 0 Å². The molecule has 4 aromatic rings. The highest BCUT2D eigenvalue weighted by molar-refractivity contribution is 6.08. The second-order valence-corrected chi connectivity index (χ2v) is 5.71. The molecule has 0 atom stereocenters. The van der Waals surface area contributed by atoms with Gasteiger partial charge in [-0.05, 0) is 42.5 Å². The summed E-state index contributed by atoms with van der Waals surface area (Å²) in [4.78, 5) is 37.0. The molecule has 25 heavy (non-hydrogen) atoms. The Morgan fingerprint density at radius 1 is 1.04 bits per heavy atom.